The number of hydrogen-bond donors (Lipinski definition) is 1. The van der Waals surface area contributed by atoms with Crippen molar-refractivity contribution in [3.63, 3.8) is 0 Å². The van der Waals surface area contributed by atoms with Gasteiger partial charge in [0.05, 0.1) is 38.7 Å². The van der Waals surface area contributed by atoms with Crippen LogP contribution in [0.1, 0.15) is 39.3 Å². The van der Waals surface area contributed by atoms with Crippen LogP contribution in [0.2, 0.25) is 10.0 Å². The Morgan fingerprint density at radius 1 is 1.20 bits per heavy atom. The van der Waals surface area contributed by atoms with E-state index in [-0.39, 0.29) is 76.4 Å². The molecule has 1 fully saturated rings. The third-order valence-corrected chi connectivity index (χ3v) is 9.12. The predicted molar refractivity (Wildman–Crippen MR) is 174 cm³/mol. The normalized spacial score (nSPS) is 19.8. The van der Waals surface area contributed by atoms with Gasteiger partial charge in [0.2, 0.25) is 5.91 Å². The number of nitrogen functional groups attached to an aromatic ring is 1. The van der Waals surface area contributed by atoms with Crippen molar-refractivity contribution in [2.24, 2.45) is 16.8 Å². The second kappa shape index (κ2) is 12.5. The third kappa shape index (κ3) is 5.21. The molecule has 1 saturated heterocycles. The maximum absolute atomic E-state index is 15.4. The van der Waals surface area contributed by atoms with Gasteiger partial charge in [-0.3, -0.25) is 19.1 Å². The van der Waals surface area contributed by atoms with Crippen molar-refractivity contribution in [1.82, 2.24) is 14.5 Å². The number of nitrogens with zero attached hydrogens (tertiary/aromatic N) is 6. The summed E-state index contributed by atoms with van der Waals surface area (Å²) in [6, 6.07) is 2.41. The second-order valence-electron chi connectivity index (χ2n) is 11.6. The van der Waals surface area contributed by atoms with E-state index in [1.54, 1.807) is 22.1 Å². The van der Waals surface area contributed by atoms with Crippen LogP contribution < -0.4 is 16.2 Å². The van der Waals surface area contributed by atoms with Gasteiger partial charge < -0.3 is 15.5 Å². The second-order valence-corrected chi connectivity index (χ2v) is 12.4. The highest BCUT2D eigenvalue weighted by molar-refractivity contribution is 6.38. The van der Waals surface area contributed by atoms with Gasteiger partial charge in [0.1, 0.15) is 17.3 Å². The smallest absolute Gasteiger partial charge is 0.272 e. The number of pyridine rings is 2. The maximum atomic E-state index is 15.4. The quantitative estimate of drug-likeness (QED) is 0.148. The number of nitriles is 1. The molecule has 2 aliphatic heterocycles. The van der Waals surface area contributed by atoms with E-state index in [9.17, 15) is 23.6 Å². The van der Waals surface area contributed by atoms with Crippen molar-refractivity contribution in [2.45, 2.75) is 39.8 Å². The van der Waals surface area contributed by atoms with E-state index in [0.29, 0.717) is 5.71 Å². The molecule has 0 radical (unpaired) electrons. The van der Waals surface area contributed by atoms with E-state index >= 15 is 4.39 Å². The van der Waals surface area contributed by atoms with Crippen LogP contribution in [-0.4, -0.2) is 51.7 Å². The summed E-state index contributed by atoms with van der Waals surface area (Å²) in [6.45, 7) is 11.8. The van der Waals surface area contributed by atoms with Crippen LogP contribution in [0.4, 0.5) is 24.5 Å². The average Bonchev–Trinajstić information content (AvgIpc) is 3.02. The van der Waals surface area contributed by atoms with Crippen LogP contribution >= 0.6 is 23.2 Å². The number of anilines is 2. The molecule has 2 unspecified atom stereocenters. The van der Waals surface area contributed by atoms with Crippen molar-refractivity contribution >= 4 is 57.2 Å². The number of rotatable bonds is 5. The minimum atomic E-state index is -1.87. The van der Waals surface area contributed by atoms with Crippen molar-refractivity contribution < 1.29 is 18.0 Å². The van der Waals surface area contributed by atoms with Crippen LogP contribution in [0, 0.1) is 40.6 Å². The average molecular weight is 673 g/mol. The van der Waals surface area contributed by atoms with Gasteiger partial charge in [-0.05, 0) is 25.0 Å². The minimum absolute atomic E-state index is 0.0186. The fourth-order valence-electron chi connectivity index (χ4n) is 6.19. The molecule has 3 atom stereocenters. The number of nitrogens with two attached hydrogens (primary N) is 1. The van der Waals surface area contributed by atoms with Crippen LogP contribution in [0.3, 0.4) is 0 Å². The Kier molecular flexibility index (Phi) is 8.94. The molecule has 2 aliphatic rings. The van der Waals surface area contributed by atoms with Crippen LogP contribution in [0.25, 0.3) is 22.3 Å². The Bertz CT molecular complexity index is 1940. The molecular weight excluding hydrogens is 642 g/mol. The fourth-order valence-corrected chi connectivity index (χ4v) is 6.69. The van der Waals surface area contributed by atoms with E-state index < -0.39 is 45.3 Å². The highest BCUT2D eigenvalue weighted by atomic mass is 35.5. The van der Waals surface area contributed by atoms with Crippen LogP contribution in [-0.2, 0) is 4.79 Å². The Labute approximate surface area is 273 Å². The summed E-state index contributed by atoms with van der Waals surface area (Å²) >= 11 is 12.9. The zero-order valence-corrected chi connectivity index (χ0v) is 26.9. The molecule has 14 heteroatoms. The number of allylic oxidation sites excluding steroid dienone is 1. The van der Waals surface area contributed by atoms with Gasteiger partial charge in [-0.15, -0.1) is 0 Å². The number of amides is 1. The fraction of sp³-hybridized carbons (Fsp3) is 0.344. The lowest BCUT2D eigenvalue weighted by Crippen LogP contribution is -2.54. The van der Waals surface area contributed by atoms with Crippen molar-refractivity contribution in [3.8, 4) is 17.3 Å². The summed E-state index contributed by atoms with van der Waals surface area (Å²) in [5.74, 6) is -5.89. The van der Waals surface area contributed by atoms with Crippen LogP contribution in [0.5, 0.6) is 0 Å². The molecule has 0 saturated carbocycles. The number of benzene rings is 1. The van der Waals surface area contributed by atoms with Crippen LogP contribution in [0.15, 0.2) is 40.8 Å². The molecule has 2 aromatic heterocycles. The monoisotopic (exact) mass is 671 g/mol. The molecule has 4 heterocycles. The summed E-state index contributed by atoms with van der Waals surface area (Å²) in [6.07, 6.45) is 4.66. The molecule has 240 valence electrons. The maximum Gasteiger partial charge on any atom is 0.272 e. The van der Waals surface area contributed by atoms with Gasteiger partial charge in [0.15, 0.2) is 17.5 Å². The van der Waals surface area contributed by atoms with Gasteiger partial charge >= 0.3 is 0 Å². The first-order chi connectivity index (χ1) is 21.7. The van der Waals surface area contributed by atoms with E-state index in [1.807, 2.05) is 27.7 Å². The van der Waals surface area contributed by atoms with Gasteiger partial charge in [-0.2, -0.15) is 5.26 Å². The lowest BCUT2D eigenvalue weighted by atomic mass is 9.88. The Morgan fingerprint density at radius 3 is 2.50 bits per heavy atom. The Morgan fingerprint density at radius 2 is 1.89 bits per heavy atom. The molecule has 0 aliphatic carbocycles. The SMILES string of the molecule is C=CC(=O)N1CCN(c2c(C#N)c(=O)n(C3C(C(C)C)=NC=CC3C)c3nc(-c4c(F)c(F)c(F)c(N)c4Cl)c(Cl)cc23)C[C@H]1C. The number of halogens is 5. The number of hydrogen-bond acceptors (Lipinski definition) is 7. The highest BCUT2D eigenvalue weighted by Gasteiger charge is 2.36. The molecule has 0 spiro atoms. The van der Waals surface area contributed by atoms with E-state index in [4.69, 9.17) is 28.9 Å². The van der Waals surface area contributed by atoms with E-state index in [0.717, 1.165) is 0 Å². The highest BCUT2D eigenvalue weighted by Crippen LogP contribution is 2.43. The first-order valence-electron chi connectivity index (χ1n) is 14.5. The lowest BCUT2D eigenvalue weighted by molar-refractivity contribution is -0.128. The number of fused-ring (bicyclic) bond motifs is 1. The van der Waals surface area contributed by atoms with Crippen molar-refractivity contribution in [1.29, 1.82) is 5.26 Å². The molecule has 2 N–H and O–H groups in total. The number of carbonyl (C=O) groups excluding carboxylic acids is 1. The summed E-state index contributed by atoms with van der Waals surface area (Å²) in [5, 5.41) is 9.82. The lowest BCUT2D eigenvalue weighted by Gasteiger charge is -2.41. The Balaban J connectivity index is 1.89. The summed E-state index contributed by atoms with van der Waals surface area (Å²) in [7, 11) is 0. The van der Waals surface area contributed by atoms with E-state index in [1.165, 1.54) is 16.7 Å². The summed E-state index contributed by atoms with van der Waals surface area (Å²) in [4.78, 5) is 39.5. The first kappa shape index (κ1) is 33.0. The number of aliphatic imine (C=N–C) groups is 1. The minimum Gasteiger partial charge on any atom is -0.395 e. The molecule has 1 amide bonds. The number of piperazine rings is 1. The molecule has 46 heavy (non-hydrogen) atoms. The summed E-state index contributed by atoms with van der Waals surface area (Å²) < 4.78 is 45.6. The van der Waals surface area contributed by atoms with E-state index in [2.05, 4.69) is 22.6 Å². The zero-order valence-electron chi connectivity index (χ0n) is 25.4. The third-order valence-electron chi connectivity index (χ3n) is 8.44. The molecule has 9 nitrogen and oxygen atoms in total. The molecular formula is C32H30Cl2F3N7O2. The largest absolute Gasteiger partial charge is 0.395 e. The molecule has 1 aromatic carbocycles. The van der Waals surface area contributed by atoms with Gasteiger partial charge in [0.25, 0.3) is 5.56 Å². The van der Waals surface area contributed by atoms with Crippen molar-refractivity contribution in [3.05, 3.63) is 74.4 Å². The predicted octanol–water partition coefficient (Wildman–Crippen LogP) is 6.27. The zero-order chi connectivity index (χ0) is 33.8. The standard InChI is InChI=1S/C32H30Cl2F3N7O2/c1-6-20(45)43-10-9-42(13-16(43)5)30-17-11-19(33)28(21-22(34)26(39)25(37)24(36)23(21)35)41-31(17)44(32(46)18(30)12-38)29-15(4)7-8-40-27(29)14(2)3/h6-8,11,14-16,29H,1,9-10,13,39H2,2-5H3/t15?,16-,29?/m1/s1. The summed E-state index contributed by atoms with van der Waals surface area (Å²) in [5.41, 5.74) is 3.69. The number of aromatic nitrogens is 2. The molecule has 5 rings (SSSR count). The van der Waals surface area contributed by atoms with Gasteiger partial charge in [-0.1, -0.05) is 56.6 Å². The Hall–Kier alpha value is -4.34. The van der Waals surface area contributed by atoms with Gasteiger partial charge in [0, 0.05) is 48.9 Å². The molecule has 3 aromatic rings. The topological polar surface area (TPSA) is 121 Å². The van der Waals surface area contributed by atoms with Gasteiger partial charge in [-0.25, -0.2) is 18.2 Å². The number of carbonyl (C=O) groups is 1. The molecule has 0 bridgehead atoms. The first-order valence-corrected chi connectivity index (χ1v) is 15.2. The van der Waals surface area contributed by atoms with Crippen molar-refractivity contribution in [2.75, 3.05) is 30.3 Å².